The number of carbonyl (C=O) groups is 3. The summed E-state index contributed by atoms with van der Waals surface area (Å²) in [7, 11) is 0. The first-order chi connectivity index (χ1) is 19.5. The van der Waals surface area contributed by atoms with Crippen molar-refractivity contribution in [3.63, 3.8) is 0 Å². The van der Waals surface area contributed by atoms with Gasteiger partial charge in [0.1, 0.15) is 23.4 Å². The quantitative estimate of drug-likeness (QED) is 0.226. The fourth-order valence-corrected chi connectivity index (χ4v) is 4.95. The normalized spacial score (nSPS) is 12.8. The number of amides is 3. The van der Waals surface area contributed by atoms with Crippen LogP contribution in [0.3, 0.4) is 0 Å². The monoisotopic (exact) mass is 579 g/mol. The summed E-state index contributed by atoms with van der Waals surface area (Å²) in [5, 5.41) is 18.0. The Hall–Kier alpha value is -3.72. The number of phenols is 1. The lowest BCUT2D eigenvalue weighted by Crippen LogP contribution is -2.52. The lowest BCUT2D eigenvalue weighted by atomic mass is 10.0. The SMILES string of the molecule is CCCCN(C(=O)C(CCSC)NC(=O)OC(C)(C)C)C(C(=O)Nc1ccc2ccccc2c1)c1cccc(O)c1. The number of carbonyl (C=O) groups excluding carboxylic acids is 3. The number of thioether (sulfide) groups is 1. The van der Waals surface area contributed by atoms with Crippen LogP contribution >= 0.6 is 11.8 Å². The van der Waals surface area contributed by atoms with Crippen LogP contribution in [-0.2, 0) is 14.3 Å². The third-order valence-electron chi connectivity index (χ3n) is 6.40. The Morgan fingerprint density at radius 1 is 1.00 bits per heavy atom. The summed E-state index contributed by atoms with van der Waals surface area (Å²) in [6.07, 6.45) is 3.03. The fraction of sp³-hybridized carbons (Fsp3) is 0.406. The van der Waals surface area contributed by atoms with Crippen LogP contribution in [0.25, 0.3) is 10.8 Å². The van der Waals surface area contributed by atoms with Crippen molar-refractivity contribution in [2.75, 3.05) is 23.9 Å². The molecule has 3 aromatic carbocycles. The van der Waals surface area contributed by atoms with Crippen molar-refractivity contribution in [2.24, 2.45) is 0 Å². The minimum atomic E-state index is -1.05. The number of rotatable bonds is 12. The van der Waals surface area contributed by atoms with Gasteiger partial charge in [-0.1, -0.05) is 55.8 Å². The Labute approximate surface area is 246 Å². The van der Waals surface area contributed by atoms with Gasteiger partial charge in [0.25, 0.3) is 5.91 Å². The minimum absolute atomic E-state index is 0.0142. The molecule has 2 atom stereocenters. The summed E-state index contributed by atoms with van der Waals surface area (Å²) in [6, 6.07) is 17.9. The van der Waals surface area contributed by atoms with Crippen LogP contribution in [0, 0.1) is 0 Å². The van der Waals surface area contributed by atoms with E-state index in [1.165, 1.54) is 17.0 Å². The van der Waals surface area contributed by atoms with Crippen LogP contribution < -0.4 is 10.6 Å². The summed E-state index contributed by atoms with van der Waals surface area (Å²) in [4.78, 5) is 42.4. The highest BCUT2D eigenvalue weighted by atomic mass is 32.2. The number of hydrogen-bond donors (Lipinski definition) is 3. The predicted octanol–water partition coefficient (Wildman–Crippen LogP) is 6.50. The molecule has 0 bridgehead atoms. The fourth-order valence-electron chi connectivity index (χ4n) is 4.48. The summed E-state index contributed by atoms with van der Waals surface area (Å²) < 4.78 is 5.44. The number of benzene rings is 3. The molecule has 0 spiro atoms. The maximum absolute atomic E-state index is 14.2. The van der Waals surface area contributed by atoms with Crippen molar-refractivity contribution >= 4 is 46.1 Å². The van der Waals surface area contributed by atoms with Gasteiger partial charge in [0.15, 0.2) is 0 Å². The minimum Gasteiger partial charge on any atom is -0.508 e. The standard InChI is InChI=1S/C32H41N3O5S/c1-6-7-18-35(30(38)27(17-19-41-5)34-31(39)40-32(2,3)4)28(24-13-10-14-26(36)21-24)29(37)33-25-16-15-22-11-8-9-12-23(22)20-25/h8-16,20-21,27-28,36H,6-7,17-19H2,1-5H3,(H,33,37)(H,34,39). The predicted molar refractivity (Wildman–Crippen MR) is 166 cm³/mol. The molecule has 0 saturated carbocycles. The van der Waals surface area contributed by atoms with Crippen LogP contribution in [-0.4, -0.2) is 58.1 Å². The van der Waals surface area contributed by atoms with Crippen molar-refractivity contribution in [2.45, 2.75) is 64.6 Å². The van der Waals surface area contributed by atoms with E-state index in [9.17, 15) is 19.5 Å². The maximum atomic E-state index is 14.2. The van der Waals surface area contributed by atoms with E-state index < -0.39 is 29.7 Å². The molecule has 0 aliphatic rings. The lowest BCUT2D eigenvalue weighted by Gasteiger charge is -2.34. The number of aromatic hydroxyl groups is 1. The second-order valence-corrected chi connectivity index (χ2v) is 11.9. The molecule has 2 unspecified atom stereocenters. The second-order valence-electron chi connectivity index (χ2n) is 10.9. The van der Waals surface area contributed by atoms with Gasteiger partial charge in [-0.05, 0) is 86.2 Å². The summed E-state index contributed by atoms with van der Waals surface area (Å²) >= 11 is 1.56. The number of nitrogens with one attached hydrogen (secondary N) is 2. The van der Waals surface area contributed by atoms with Crippen LogP contribution in [0.15, 0.2) is 66.7 Å². The molecule has 0 aromatic heterocycles. The first-order valence-electron chi connectivity index (χ1n) is 13.9. The molecular weight excluding hydrogens is 538 g/mol. The zero-order valence-electron chi connectivity index (χ0n) is 24.5. The van der Waals surface area contributed by atoms with Crippen molar-refractivity contribution in [1.82, 2.24) is 10.2 Å². The van der Waals surface area contributed by atoms with Gasteiger partial charge in [0.2, 0.25) is 5.91 Å². The molecule has 3 N–H and O–H groups in total. The molecule has 220 valence electrons. The Morgan fingerprint density at radius 2 is 1.73 bits per heavy atom. The highest BCUT2D eigenvalue weighted by molar-refractivity contribution is 7.98. The van der Waals surface area contributed by atoms with Crippen molar-refractivity contribution < 1.29 is 24.2 Å². The van der Waals surface area contributed by atoms with Crippen LogP contribution in [0.5, 0.6) is 5.75 Å². The van der Waals surface area contributed by atoms with Crippen molar-refractivity contribution in [3.8, 4) is 5.75 Å². The van der Waals surface area contributed by atoms with E-state index in [1.54, 1.807) is 44.7 Å². The molecule has 8 nitrogen and oxygen atoms in total. The first kappa shape index (κ1) is 31.8. The average Bonchev–Trinajstić information content (AvgIpc) is 2.91. The van der Waals surface area contributed by atoms with E-state index in [1.807, 2.05) is 55.6 Å². The molecule has 0 fully saturated rings. The van der Waals surface area contributed by atoms with Crippen LogP contribution in [0.2, 0.25) is 0 Å². The third-order valence-corrected chi connectivity index (χ3v) is 7.04. The molecule has 0 aliphatic heterocycles. The molecule has 3 rings (SSSR count). The number of fused-ring (bicyclic) bond motifs is 1. The molecular formula is C32H41N3O5S. The first-order valence-corrected chi connectivity index (χ1v) is 15.3. The van der Waals surface area contributed by atoms with Gasteiger partial charge < -0.3 is 25.4 Å². The number of unbranched alkanes of at least 4 members (excludes halogenated alkanes) is 1. The highest BCUT2D eigenvalue weighted by Crippen LogP contribution is 2.28. The topological polar surface area (TPSA) is 108 Å². The third kappa shape index (κ3) is 9.42. The van der Waals surface area contributed by atoms with E-state index >= 15 is 0 Å². The van der Waals surface area contributed by atoms with Gasteiger partial charge in [-0.25, -0.2) is 4.79 Å². The second kappa shape index (κ2) is 14.8. The van der Waals surface area contributed by atoms with Crippen molar-refractivity contribution in [1.29, 1.82) is 0 Å². The summed E-state index contributed by atoms with van der Waals surface area (Å²) in [6.45, 7) is 7.56. The van der Waals surface area contributed by atoms with Crippen LogP contribution in [0.4, 0.5) is 10.5 Å². The van der Waals surface area contributed by atoms with E-state index in [2.05, 4.69) is 10.6 Å². The average molecular weight is 580 g/mol. The summed E-state index contributed by atoms with van der Waals surface area (Å²) in [5.41, 5.74) is 0.323. The van der Waals surface area contributed by atoms with Gasteiger partial charge in [0.05, 0.1) is 0 Å². The molecule has 3 amide bonds. The zero-order chi connectivity index (χ0) is 30.0. The summed E-state index contributed by atoms with van der Waals surface area (Å²) in [5.74, 6) is -0.204. The maximum Gasteiger partial charge on any atom is 0.408 e. The van der Waals surface area contributed by atoms with Gasteiger partial charge >= 0.3 is 6.09 Å². The smallest absolute Gasteiger partial charge is 0.408 e. The number of hydrogen-bond acceptors (Lipinski definition) is 6. The molecule has 0 saturated heterocycles. The number of alkyl carbamates (subject to hydrolysis) is 1. The number of anilines is 1. The number of ether oxygens (including phenoxy) is 1. The number of phenolic OH excluding ortho intramolecular Hbond substituents is 1. The van der Waals surface area contributed by atoms with Gasteiger partial charge in [0, 0.05) is 12.2 Å². The molecule has 3 aromatic rings. The van der Waals surface area contributed by atoms with Gasteiger partial charge in [-0.2, -0.15) is 11.8 Å². The van der Waals surface area contributed by atoms with E-state index in [-0.39, 0.29) is 18.2 Å². The van der Waals surface area contributed by atoms with E-state index in [0.29, 0.717) is 29.8 Å². The van der Waals surface area contributed by atoms with Gasteiger partial charge in [-0.3, -0.25) is 9.59 Å². The molecule has 0 radical (unpaired) electrons. The number of nitrogens with zero attached hydrogens (tertiary/aromatic N) is 1. The van der Waals surface area contributed by atoms with E-state index in [4.69, 9.17) is 4.74 Å². The molecule has 9 heteroatoms. The zero-order valence-corrected chi connectivity index (χ0v) is 25.3. The molecule has 0 heterocycles. The van der Waals surface area contributed by atoms with Gasteiger partial charge in [-0.15, -0.1) is 0 Å². The Morgan fingerprint density at radius 3 is 2.39 bits per heavy atom. The van der Waals surface area contributed by atoms with Crippen LogP contribution in [0.1, 0.15) is 58.6 Å². The Bertz CT molecular complexity index is 1340. The van der Waals surface area contributed by atoms with Crippen molar-refractivity contribution in [3.05, 3.63) is 72.3 Å². The Balaban J connectivity index is 2.00. The largest absolute Gasteiger partial charge is 0.508 e. The van der Waals surface area contributed by atoms with E-state index in [0.717, 1.165) is 17.2 Å². The molecule has 0 aliphatic carbocycles. The Kier molecular flexibility index (Phi) is 11.5. The highest BCUT2D eigenvalue weighted by Gasteiger charge is 2.36. The molecule has 41 heavy (non-hydrogen) atoms. The lowest BCUT2D eigenvalue weighted by molar-refractivity contribution is -0.141.